The minimum atomic E-state index is -0.367. The molecule has 0 spiro atoms. The van der Waals surface area contributed by atoms with Crippen LogP contribution in [0.2, 0.25) is 0 Å². The number of rotatable bonds is 5. The molecule has 1 amide bonds. The molecule has 1 aliphatic rings. The fourth-order valence-electron chi connectivity index (χ4n) is 3.99. The van der Waals surface area contributed by atoms with E-state index in [-0.39, 0.29) is 11.7 Å². The zero-order valence-electron chi connectivity index (χ0n) is 17.6. The van der Waals surface area contributed by atoms with Gasteiger partial charge in [0.05, 0.1) is 27.9 Å². The van der Waals surface area contributed by atoms with Crippen LogP contribution in [-0.4, -0.2) is 61.9 Å². The molecule has 8 nitrogen and oxygen atoms in total. The predicted octanol–water partition coefficient (Wildman–Crippen LogP) is 3.25. The van der Waals surface area contributed by atoms with Crippen LogP contribution in [0.25, 0.3) is 16.0 Å². The smallest absolute Gasteiger partial charge is 0.240 e. The molecule has 2 unspecified atom stereocenters. The molecule has 4 heterocycles. The number of hydrogen-bond acceptors (Lipinski definition) is 8. The van der Waals surface area contributed by atoms with Gasteiger partial charge >= 0.3 is 0 Å². The van der Waals surface area contributed by atoms with Crippen molar-refractivity contribution < 1.29 is 9.18 Å². The molecule has 1 saturated heterocycles. The largest absolute Gasteiger partial charge is 0.309 e. The number of piperazine rings is 1. The molecule has 5 rings (SSSR count). The van der Waals surface area contributed by atoms with Crippen LogP contribution in [0.15, 0.2) is 46.7 Å². The number of aromatic nitrogens is 4. The molecule has 32 heavy (non-hydrogen) atoms. The summed E-state index contributed by atoms with van der Waals surface area (Å²) in [6.07, 6.45) is 5.18. The van der Waals surface area contributed by atoms with Crippen LogP contribution in [0, 0.1) is 5.82 Å². The van der Waals surface area contributed by atoms with Crippen molar-refractivity contribution in [2.45, 2.75) is 35.9 Å². The Bertz CT molecular complexity index is 1280. The Morgan fingerprint density at radius 3 is 2.94 bits per heavy atom. The molecule has 4 aromatic rings. The summed E-state index contributed by atoms with van der Waals surface area (Å²) in [5.74, 6) is 0.0829. The summed E-state index contributed by atoms with van der Waals surface area (Å²) in [5.41, 5.74) is 0.524. The quantitative estimate of drug-likeness (QED) is 0.462. The Morgan fingerprint density at radius 2 is 2.12 bits per heavy atom. The Morgan fingerprint density at radius 1 is 1.31 bits per heavy atom. The molecule has 0 aliphatic carbocycles. The number of halogens is 1. The van der Waals surface area contributed by atoms with Gasteiger partial charge < -0.3 is 10.6 Å². The van der Waals surface area contributed by atoms with Gasteiger partial charge in [-0.25, -0.2) is 19.3 Å². The summed E-state index contributed by atoms with van der Waals surface area (Å²) < 4.78 is 17.4. The number of anilines is 1. The average molecular weight is 472 g/mol. The first-order chi connectivity index (χ1) is 15.4. The van der Waals surface area contributed by atoms with Gasteiger partial charge in [0.15, 0.2) is 5.13 Å². The van der Waals surface area contributed by atoms with E-state index in [4.69, 9.17) is 0 Å². The van der Waals surface area contributed by atoms with E-state index >= 15 is 0 Å². The number of nitrogens with zero attached hydrogens (tertiary/aromatic N) is 5. The van der Waals surface area contributed by atoms with Crippen LogP contribution < -0.4 is 10.6 Å². The van der Waals surface area contributed by atoms with Gasteiger partial charge in [-0.3, -0.25) is 14.1 Å². The zero-order chi connectivity index (χ0) is 22.2. The number of amides is 1. The lowest BCUT2D eigenvalue weighted by Gasteiger charge is -2.35. The van der Waals surface area contributed by atoms with E-state index in [9.17, 15) is 9.18 Å². The monoisotopic (exact) mass is 471 g/mol. The molecule has 0 radical (unpaired) electrons. The highest BCUT2D eigenvalue weighted by molar-refractivity contribution is 7.99. The standard InChI is InChI=1S/C21H22FN7OS2/c1-12-9-28(10-13(2)25-12)11-18(30)27-21-26-15-6-14(22)16(7-17(15)32-21)31-19-8-24-20-23-4-3-5-29(19)20/h3-8,12-13,25H,9-11H2,1-2H3,(H,26,27,30). The first-order valence-corrected chi connectivity index (χ1v) is 11.9. The maximum absolute atomic E-state index is 14.8. The van der Waals surface area contributed by atoms with Gasteiger partial charge in [0.1, 0.15) is 10.8 Å². The maximum atomic E-state index is 14.8. The first-order valence-electron chi connectivity index (χ1n) is 10.3. The Kier molecular flexibility index (Phi) is 5.80. The van der Waals surface area contributed by atoms with Gasteiger partial charge in [0, 0.05) is 43.6 Å². The number of imidazole rings is 1. The highest BCUT2D eigenvalue weighted by Crippen LogP contribution is 2.35. The van der Waals surface area contributed by atoms with Crippen LogP contribution >= 0.6 is 23.1 Å². The fourth-order valence-corrected chi connectivity index (χ4v) is 5.87. The molecule has 11 heteroatoms. The fraction of sp³-hybridized carbons (Fsp3) is 0.333. The lowest BCUT2D eigenvalue weighted by Crippen LogP contribution is -2.55. The minimum Gasteiger partial charge on any atom is -0.309 e. The zero-order valence-corrected chi connectivity index (χ0v) is 19.2. The van der Waals surface area contributed by atoms with E-state index in [1.165, 1.54) is 29.2 Å². The van der Waals surface area contributed by atoms with Crippen molar-refractivity contribution in [2.75, 3.05) is 25.0 Å². The van der Waals surface area contributed by atoms with Crippen molar-refractivity contribution >= 4 is 50.1 Å². The summed E-state index contributed by atoms with van der Waals surface area (Å²) in [4.78, 5) is 28.0. The SMILES string of the molecule is CC1CN(CC(=O)Nc2nc3cc(F)c(Sc4cnc5ncccn45)cc3s2)CC(C)N1. The molecule has 0 saturated carbocycles. The Hall–Kier alpha value is -2.60. The highest BCUT2D eigenvalue weighted by Gasteiger charge is 2.23. The molecule has 3 aromatic heterocycles. The maximum Gasteiger partial charge on any atom is 0.240 e. The average Bonchev–Trinajstić information content (AvgIpc) is 3.30. The number of hydrogen-bond donors (Lipinski definition) is 2. The van der Waals surface area contributed by atoms with E-state index in [0.29, 0.717) is 39.9 Å². The van der Waals surface area contributed by atoms with Gasteiger partial charge in [-0.2, -0.15) is 0 Å². The molecule has 2 N–H and O–H groups in total. The van der Waals surface area contributed by atoms with Gasteiger partial charge in [-0.1, -0.05) is 23.1 Å². The van der Waals surface area contributed by atoms with Crippen molar-refractivity contribution in [3.63, 3.8) is 0 Å². The number of carbonyl (C=O) groups excluding carboxylic acids is 1. The minimum absolute atomic E-state index is 0.112. The van der Waals surface area contributed by atoms with Crippen LogP contribution in [-0.2, 0) is 4.79 Å². The van der Waals surface area contributed by atoms with Gasteiger partial charge in [0.25, 0.3) is 0 Å². The van der Waals surface area contributed by atoms with E-state index in [0.717, 1.165) is 22.8 Å². The first kappa shape index (κ1) is 21.3. The highest BCUT2D eigenvalue weighted by atomic mass is 32.2. The summed E-state index contributed by atoms with van der Waals surface area (Å²) in [7, 11) is 0. The number of fused-ring (bicyclic) bond motifs is 2. The second-order valence-electron chi connectivity index (χ2n) is 7.97. The molecule has 166 valence electrons. The normalized spacial score (nSPS) is 19.6. The van der Waals surface area contributed by atoms with E-state index < -0.39 is 0 Å². The van der Waals surface area contributed by atoms with Crippen LogP contribution in [0.3, 0.4) is 0 Å². The summed E-state index contributed by atoms with van der Waals surface area (Å²) >= 11 is 2.62. The van der Waals surface area contributed by atoms with E-state index in [1.807, 2.05) is 10.6 Å². The molecule has 1 aliphatic heterocycles. The second kappa shape index (κ2) is 8.74. The number of thiazole rings is 1. The van der Waals surface area contributed by atoms with Gasteiger partial charge in [0.2, 0.25) is 11.7 Å². The second-order valence-corrected chi connectivity index (χ2v) is 10.1. The van der Waals surface area contributed by atoms with Gasteiger partial charge in [-0.15, -0.1) is 0 Å². The van der Waals surface area contributed by atoms with E-state index in [1.54, 1.807) is 24.5 Å². The van der Waals surface area contributed by atoms with Crippen molar-refractivity contribution in [2.24, 2.45) is 0 Å². The predicted molar refractivity (Wildman–Crippen MR) is 124 cm³/mol. The molecular formula is C21H22FN7OS2. The van der Waals surface area contributed by atoms with Crippen molar-refractivity contribution in [1.29, 1.82) is 0 Å². The third-order valence-corrected chi connectivity index (χ3v) is 7.14. The molecule has 1 aromatic carbocycles. The van der Waals surface area contributed by atoms with Crippen LogP contribution in [0.1, 0.15) is 13.8 Å². The van der Waals surface area contributed by atoms with Crippen LogP contribution in [0.4, 0.5) is 9.52 Å². The van der Waals surface area contributed by atoms with Crippen molar-refractivity contribution in [3.05, 3.63) is 42.6 Å². The van der Waals surface area contributed by atoms with Gasteiger partial charge in [-0.05, 0) is 26.0 Å². The van der Waals surface area contributed by atoms with Crippen LogP contribution in [0.5, 0.6) is 0 Å². The third-order valence-electron chi connectivity index (χ3n) is 5.16. The number of nitrogens with one attached hydrogen (secondary N) is 2. The summed E-state index contributed by atoms with van der Waals surface area (Å²) in [6.45, 7) is 6.18. The molecular weight excluding hydrogens is 449 g/mol. The lowest BCUT2D eigenvalue weighted by atomic mass is 10.1. The topological polar surface area (TPSA) is 87.5 Å². The Balaban J connectivity index is 1.31. The Labute approximate surface area is 192 Å². The summed E-state index contributed by atoms with van der Waals surface area (Å²) in [6, 6.07) is 5.66. The number of carbonyl (C=O) groups is 1. The van der Waals surface area contributed by atoms with Crippen molar-refractivity contribution in [3.8, 4) is 0 Å². The number of benzene rings is 1. The molecule has 1 fully saturated rings. The summed E-state index contributed by atoms with van der Waals surface area (Å²) in [5, 5.41) is 7.57. The lowest BCUT2D eigenvalue weighted by molar-refractivity contribution is -0.117. The van der Waals surface area contributed by atoms with Crippen molar-refractivity contribution in [1.82, 2.24) is 29.6 Å². The van der Waals surface area contributed by atoms with E-state index in [2.05, 4.69) is 44.3 Å². The molecule has 0 bridgehead atoms. The molecule has 2 atom stereocenters. The third kappa shape index (κ3) is 4.46.